The highest BCUT2D eigenvalue weighted by atomic mass is 32.2. The summed E-state index contributed by atoms with van der Waals surface area (Å²) in [5.41, 5.74) is 0.165. The van der Waals surface area contributed by atoms with Crippen molar-refractivity contribution in [2.75, 3.05) is 7.11 Å². The van der Waals surface area contributed by atoms with Gasteiger partial charge in [-0.05, 0) is 24.3 Å². The van der Waals surface area contributed by atoms with Crippen LogP contribution in [-0.2, 0) is 16.1 Å². The van der Waals surface area contributed by atoms with E-state index in [4.69, 9.17) is 9.88 Å². The van der Waals surface area contributed by atoms with Gasteiger partial charge in [-0.1, -0.05) is 0 Å². The number of H-pyrrole nitrogens is 1. The number of halogens is 3. The molecule has 7 nitrogen and oxygen atoms in total. The van der Waals surface area contributed by atoms with Gasteiger partial charge >= 0.3 is 12.2 Å². The van der Waals surface area contributed by atoms with E-state index in [0.29, 0.717) is 11.0 Å². The Balaban J connectivity index is 2.06. The highest BCUT2D eigenvalue weighted by molar-refractivity contribution is 7.91. The van der Waals surface area contributed by atoms with E-state index in [0.717, 1.165) is 24.3 Å². The number of ether oxygens (including phenoxy) is 1. The molecule has 1 unspecified atom stereocenters. The average Bonchev–Trinajstić information content (AvgIpc) is 2.95. The summed E-state index contributed by atoms with van der Waals surface area (Å²) in [6, 6.07) is 3.77. The van der Waals surface area contributed by atoms with E-state index < -0.39 is 21.7 Å². The quantitative estimate of drug-likeness (QED) is 0.738. The van der Waals surface area contributed by atoms with Crippen LogP contribution in [-0.4, -0.2) is 26.3 Å². The molecular formula is C14H12F3N5O2S. The molecule has 3 aromatic rings. The first-order valence-electron chi connectivity index (χ1n) is 6.81. The summed E-state index contributed by atoms with van der Waals surface area (Å²) in [5.74, 6) is 0. The Morgan fingerprint density at radius 1 is 1.28 bits per heavy atom. The SMILES string of the molecule is COc1ncc2[nH]cc(N=S(N)(=O)c3ccc(C(F)(F)F)cc3)c2n1. The van der Waals surface area contributed by atoms with Gasteiger partial charge in [-0.2, -0.15) is 22.5 Å². The molecule has 3 N–H and O–H groups in total. The lowest BCUT2D eigenvalue weighted by atomic mass is 10.2. The Labute approximate surface area is 140 Å². The third kappa shape index (κ3) is 3.42. The summed E-state index contributed by atoms with van der Waals surface area (Å²) in [4.78, 5) is 10.8. The molecule has 0 bridgehead atoms. The predicted molar refractivity (Wildman–Crippen MR) is 84.6 cm³/mol. The molecule has 3 rings (SSSR count). The van der Waals surface area contributed by atoms with Crippen LogP contribution < -0.4 is 9.88 Å². The maximum Gasteiger partial charge on any atom is 0.416 e. The summed E-state index contributed by atoms with van der Waals surface area (Å²) in [5, 5.41) is 5.74. The van der Waals surface area contributed by atoms with Gasteiger partial charge in [0.05, 0.1) is 29.3 Å². The first-order chi connectivity index (χ1) is 11.7. The topological polar surface area (TPSA) is 106 Å². The lowest BCUT2D eigenvalue weighted by Gasteiger charge is -2.08. The molecule has 2 heterocycles. The van der Waals surface area contributed by atoms with Gasteiger partial charge in [-0.25, -0.2) is 14.3 Å². The van der Waals surface area contributed by atoms with Gasteiger partial charge in [-0.3, -0.25) is 0 Å². The highest BCUT2D eigenvalue weighted by Gasteiger charge is 2.30. The van der Waals surface area contributed by atoms with E-state index in [1.54, 1.807) is 0 Å². The van der Waals surface area contributed by atoms with Crippen molar-refractivity contribution < 1.29 is 22.1 Å². The molecule has 0 aliphatic heterocycles. The number of fused-ring (bicyclic) bond motifs is 1. The number of benzene rings is 1. The number of hydrogen-bond acceptors (Lipinski definition) is 5. The van der Waals surface area contributed by atoms with Gasteiger partial charge in [0.2, 0.25) is 0 Å². The van der Waals surface area contributed by atoms with E-state index in [-0.39, 0.29) is 16.6 Å². The molecule has 0 fully saturated rings. The first kappa shape index (κ1) is 17.2. The van der Waals surface area contributed by atoms with Crippen LogP contribution in [0.3, 0.4) is 0 Å². The van der Waals surface area contributed by atoms with Crippen LogP contribution in [0.5, 0.6) is 6.01 Å². The summed E-state index contributed by atoms with van der Waals surface area (Å²) in [6.45, 7) is 0. The molecule has 25 heavy (non-hydrogen) atoms. The molecule has 0 aliphatic carbocycles. The summed E-state index contributed by atoms with van der Waals surface area (Å²) < 4.78 is 59.4. The normalized spacial score (nSPS) is 14.3. The van der Waals surface area contributed by atoms with E-state index in [9.17, 15) is 17.4 Å². The maximum atomic E-state index is 12.7. The fourth-order valence-corrected chi connectivity index (χ4v) is 3.15. The number of aromatic amines is 1. The van der Waals surface area contributed by atoms with Crippen LogP contribution in [0.1, 0.15) is 5.56 Å². The Hall–Kier alpha value is -2.66. The highest BCUT2D eigenvalue weighted by Crippen LogP contribution is 2.31. The van der Waals surface area contributed by atoms with Gasteiger partial charge in [-0.15, -0.1) is 0 Å². The van der Waals surface area contributed by atoms with Crippen molar-refractivity contribution in [2.24, 2.45) is 9.50 Å². The number of alkyl halides is 3. The summed E-state index contributed by atoms with van der Waals surface area (Å²) in [7, 11) is -2.08. The Bertz CT molecular complexity index is 1040. The molecule has 0 aliphatic rings. The van der Waals surface area contributed by atoms with Crippen molar-refractivity contribution >= 4 is 26.6 Å². The van der Waals surface area contributed by atoms with Gasteiger partial charge in [0.25, 0.3) is 0 Å². The molecule has 11 heteroatoms. The van der Waals surface area contributed by atoms with E-state index >= 15 is 0 Å². The largest absolute Gasteiger partial charge is 0.467 e. The first-order valence-corrected chi connectivity index (χ1v) is 8.39. The van der Waals surface area contributed by atoms with Gasteiger partial charge in [0, 0.05) is 6.20 Å². The summed E-state index contributed by atoms with van der Waals surface area (Å²) in [6.07, 6.45) is -1.61. The Morgan fingerprint density at radius 3 is 2.56 bits per heavy atom. The molecule has 0 saturated carbocycles. The zero-order valence-electron chi connectivity index (χ0n) is 12.7. The lowest BCUT2D eigenvalue weighted by Crippen LogP contribution is -2.13. The van der Waals surface area contributed by atoms with Crippen LogP contribution in [0.2, 0.25) is 0 Å². The molecular weight excluding hydrogens is 359 g/mol. The van der Waals surface area contributed by atoms with Crippen molar-refractivity contribution in [2.45, 2.75) is 11.1 Å². The van der Waals surface area contributed by atoms with Crippen LogP contribution in [0.15, 0.2) is 45.9 Å². The van der Waals surface area contributed by atoms with Gasteiger partial charge in [0.1, 0.15) is 21.1 Å². The Morgan fingerprint density at radius 2 is 1.96 bits per heavy atom. The number of nitrogens with two attached hydrogens (primary N) is 1. The molecule has 0 saturated heterocycles. The van der Waals surface area contributed by atoms with Crippen molar-refractivity contribution in [1.82, 2.24) is 15.0 Å². The standard InChI is InChI=1S/C14H12F3N5O2S/c1-24-13-20-6-10-12(21-13)11(7-19-10)22-25(18,23)9-4-2-8(3-5-9)14(15,16)17/h2-7,19H,1H3,(H2,18,22,23). The second kappa shape index (κ2) is 6.01. The fraction of sp³-hybridized carbons (Fsp3) is 0.143. The van der Waals surface area contributed by atoms with E-state index in [2.05, 4.69) is 19.3 Å². The molecule has 2 aromatic heterocycles. The molecule has 0 amide bonds. The lowest BCUT2D eigenvalue weighted by molar-refractivity contribution is -0.137. The minimum atomic E-state index is -4.49. The van der Waals surface area contributed by atoms with Crippen LogP contribution in [0, 0.1) is 0 Å². The maximum absolute atomic E-state index is 12.7. The number of rotatable bonds is 3. The second-order valence-corrected chi connectivity index (χ2v) is 6.77. The van der Waals surface area contributed by atoms with Crippen molar-refractivity contribution in [3.8, 4) is 6.01 Å². The monoisotopic (exact) mass is 371 g/mol. The zero-order chi connectivity index (χ0) is 18.2. The van der Waals surface area contributed by atoms with Gasteiger partial charge < -0.3 is 9.72 Å². The molecule has 0 radical (unpaired) electrons. The number of nitrogens with one attached hydrogen (secondary N) is 1. The smallest absolute Gasteiger partial charge is 0.416 e. The van der Waals surface area contributed by atoms with Crippen LogP contribution in [0.25, 0.3) is 11.0 Å². The third-order valence-electron chi connectivity index (χ3n) is 3.31. The minimum Gasteiger partial charge on any atom is -0.467 e. The molecule has 0 spiro atoms. The molecule has 1 aromatic carbocycles. The zero-order valence-corrected chi connectivity index (χ0v) is 13.6. The average molecular weight is 371 g/mol. The number of hydrogen-bond donors (Lipinski definition) is 2. The van der Waals surface area contributed by atoms with Crippen molar-refractivity contribution in [3.63, 3.8) is 0 Å². The second-order valence-electron chi connectivity index (χ2n) is 4.97. The minimum absolute atomic E-state index is 0.0316. The van der Waals surface area contributed by atoms with Crippen LogP contribution in [0.4, 0.5) is 18.9 Å². The molecule has 1 atom stereocenters. The number of nitrogens with zero attached hydrogens (tertiary/aromatic N) is 3. The van der Waals surface area contributed by atoms with Crippen LogP contribution >= 0.6 is 0 Å². The van der Waals surface area contributed by atoms with E-state index in [1.807, 2.05) is 0 Å². The third-order valence-corrected chi connectivity index (χ3v) is 4.73. The summed E-state index contributed by atoms with van der Waals surface area (Å²) >= 11 is 0. The number of aromatic nitrogens is 3. The van der Waals surface area contributed by atoms with Crippen molar-refractivity contribution in [1.29, 1.82) is 0 Å². The van der Waals surface area contributed by atoms with E-state index in [1.165, 1.54) is 19.5 Å². The molecule has 132 valence electrons. The fourth-order valence-electron chi connectivity index (χ4n) is 2.09. The number of methoxy groups -OCH3 is 1. The van der Waals surface area contributed by atoms with Gasteiger partial charge in [0.15, 0.2) is 0 Å². The van der Waals surface area contributed by atoms with Crippen molar-refractivity contribution in [3.05, 3.63) is 42.2 Å². The predicted octanol–water partition coefficient (Wildman–Crippen LogP) is 3.02. The Kier molecular flexibility index (Phi) is 4.13.